The Morgan fingerprint density at radius 1 is 1.48 bits per heavy atom. The van der Waals surface area contributed by atoms with Crippen LogP contribution in [0.2, 0.25) is 0 Å². The minimum Gasteiger partial charge on any atom is -0.369 e. The minimum atomic E-state index is -4.35. The number of aliphatic imine (C=N–C) groups is 1. The number of alkyl halides is 3. The van der Waals surface area contributed by atoms with Crippen LogP contribution in [-0.4, -0.2) is 18.4 Å². The molecule has 0 fully saturated rings. The first-order chi connectivity index (χ1) is 9.85. The van der Waals surface area contributed by atoms with Crippen molar-refractivity contribution < 1.29 is 18.0 Å². The maximum Gasteiger partial charge on any atom is 0.395 e. The zero-order valence-electron chi connectivity index (χ0n) is 11.9. The maximum absolute atomic E-state index is 12.6. The molecule has 118 valence electrons. The van der Waals surface area contributed by atoms with Crippen molar-refractivity contribution in [2.75, 3.05) is 0 Å². The lowest BCUT2D eigenvalue weighted by atomic mass is 10.1. The fourth-order valence-corrected chi connectivity index (χ4v) is 1.46. The number of rotatable bonds is 8. The van der Waals surface area contributed by atoms with E-state index in [0.29, 0.717) is 18.4 Å². The van der Waals surface area contributed by atoms with Crippen LogP contribution in [0.1, 0.15) is 26.2 Å². The summed E-state index contributed by atoms with van der Waals surface area (Å²) in [5.74, 6) is -1.72. The van der Waals surface area contributed by atoms with E-state index < -0.39 is 12.1 Å². The van der Waals surface area contributed by atoms with Crippen molar-refractivity contribution in [3.8, 4) is 0 Å². The van der Waals surface area contributed by atoms with Crippen LogP contribution in [0, 0.1) is 5.92 Å². The van der Waals surface area contributed by atoms with Gasteiger partial charge in [0.15, 0.2) is 5.96 Å². The predicted octanol–water partition coefficient (Wildman–Crippen LogP) is 3.04. The highest BCUT2D eigenvalue weighted by atomic mass is 19.4. The Labute approximate surface area is 122 Å². The average molecular weight is 303 g/mol. The zero-order valence-corrected chi connectivity index (χ0v) is 11.9. The van der Waals surface area contributed by atoms with Crippen molar-refractivity contribution in [2.45, 2.75) is 32.4 Å². The Morgan fingerprint density at radius 3 is 2.62 bits per heavy atom. The summed E-state index contributed by atoms with van der Waals surface area (Å²) in [5, 5.41) is 2.67. The lowest BCUT2D eigenvalue weighted by Crippen LogP contribution is -2.30. The second kappa shape index (κ2) is 9.79. The summed E-state index contributed by atoms with van der Waals surface area (Å²) < 4.78 is 37.8. The van der Waals surface area contributed by atoms with Gasteiger partial charge in [-0.1, -0.05) is 25.5 Å². The lowest BCUT2D eigenvalue weighted by Gasteiger charge is -2.14. The molecule has 0 amide bonds. The van der Waals surface area contributed by atoms with Crippen molar-refractivity contribution in [1.29, 1.82) is 0 Å². The molecule has 0 aliphatic carbocycles. The van der Waals surface area contributed by atoms with E-state index in [1.807, 2.05) is 6.92 Å². The summed E-state index contributed by atoms with van der Waals surface area (Å²) in [6.45, 7) is 5.20. The topological polar surface area (TPSA) is 67.5 Å². The third-order valence-corrected chi connectivity index (χ3v) is 2.45. The van der Waals surface area contributed by atoms with Gasteiger partial charge in [-0.05, 0) is 18.9 Å². The summed E-state index contributed by atoms with van der Waals surface area (Å²) in [5.41, 5.74) is 6.09. The largest absolute Gasteiger partial charge is 0.395 e. The van der Waals surface area contributed by atoms with E-state index in [9.17, 15) is 18.0 Å². The highest BCUT2D eigenvalue weighted by Gasteiger charge is 2.36. The Balaban J connectivity index is 4.76. The first kappa shape index (κ1) is 18.9. The molecular weight excluding hydrogens is 283 g/mol. The molecule has 0 radical (unpaired) electrons. The molecule has 1 unspecified atom stereocenters. The first-order valence-electron chi connectivity index (χ1n) is 6.44. The van der Waals surface area contributed by atoms with Crippen molar-refractivity contribution in [3.63, 3.8) is 0 Å². The zero-order chi connectivity index (χ0) is 16.3. The molecular formula is C14H20F3N3O. The van der Waals surface area contributed by atoms with Crippen LogP contribution in [0.5, 0.6) is 0 Å². The second-order valence-electron chi connectivity index (χ2n) is 4.23. The Morgan fingerprint density at radius 2 is 2.14 bits per heavy atom. The normalized spacial score (nSPS) is 15.0. The minimum absolute atomic E-state index is 0.0765. The Kier molecular flexibility index (Phi) is 8.84. The van der Waals surface area contributed by atoms with E-state index in [1.165, 1.54) is 12.2 Å². The van der Waals surface area contributed by atoms with Crippen LogP contribution < -0.4 is 11.1 Å². The third kappa shape index (κ3) is 8.67. The molecule has 0 aromatic rings. The molecule has 21 heavy (non-hydrogen) atoms. The van der Waals surface area contributed by atoms with Crippen molar-refractivity contribution in [2.24, 2.45) is 16.6 Å². The van der Waals surface area contributed by atoms with E-state index in [2.05, 4.69) is 16.9 Å². The number of halogens is 3. The first-order valence-corrected chi connectivity index (χ1v) is 6.44. The van der Waals surface area contributed by atoms with Gasteiger partial charge in [0.1, 0.15) is 6.29 Å². The third-order valence-electron chi connectivity index (χ3n) is 2.45. The monoisotopic (exact) mass is 303 g/mol. The quantitative estimate of drug-likeness (QED) is 0.238. The van der Waals surface area contributed by atoms with Crippen LogP contribution in [0.3, 0.4) is 0 Å². The molecule has 0 heterocycles. The van der Waals surface area contributed by atoms with Gasteiger partial charge in [-0.25, -0.2) is 4.99 Å². The Bertz CT molecular complexity index is 426. The molecule has 0 aromatic carbocycles. The summed E-state index contributed by atoms with van der Waals surface area (Å²) in [6, 6.07) is 0. The molecule has 0 bridgehead atoms. The molecule has 4 nitrogen and oxygen atoms in total. The SMILES string of the molecule is C=CCC(/C=C/N=C(N)N/C(=C\C=O)CCC)C(F)(F)F. The standard InChI is InChI=1S/C14H20F3N3O/c1-3-5-11(14(15,16)17)7-9-19-13(18)20-12(6-4-2)8-10-21/h3,7-11H,1,4-6H2,2H3,(H3,18,19,20)/b9-7+,12-8-. The predicted molar refractivity (Wildman–Crippen MR) is 77.3 cm³/mol. The van der Waals surface area contributed by atoms with Gasteiger partial charge in [0.2, 0.25) is 0 Å². The van der Waals surface area contributed by atoms with Gasteiger partial charge < -0.3 is 11.1 Å². The van der Waals surface area contributed by atoms with E-state index in [-0.39, 0.29) is 12.4 Å². The Hall–Kier alpha value is -2.05. The molecule has 0 aliphatic heterocycles. The van der Waals surface area contributed by atoms with Crippen LogP contribution in [0.4, 0.5) is 13.2 Å². The number of aldehydes is 1. The van der Waals surface area contributed by atoms with Crippen LogP contribution >= 0.6 is 0 Å². The number of nitrogens with two attached hydrogens (primary N) is 1. The highest BCUT2D eigenvalue weighted by Crippen LogP contribution is 2.30. The van der Waals surface area contributed by atoms with Crippen molar-refractivity contribution in [3.05, 3.63) is 36.7 Å². The molecule has 0 aromatic heterocycles. The number of nitrogens with zero attached hydrogens (tertiary/aromatic N) is 1. The van der Waals surface area contributed by atoms with Gasteiger partial charge in [0.25, 0.3) is 0 Å². The van der Waals surface area contributed by atoms with E-state index >= 15 is 0 Å². The summed E-state index contributed by atoms with van der Waals surface area (Å²) in [6.07, 6.45) is 1.79. The number of hydrogen-bond donors (Lipinski definition) is 2. The van der Waals surface area contributed by atoms with Crippen LogP contribution in [0.25, 0.3) is 0 Å². The summed E-state index contributed by atoms with van der Waals surface area (Å²) >= 11 is 0. The molecule has 1 atom stereocenters. The highest BCUT2D eigenvalue weighted by molar-refractivity contribution is 5.81. The molecule has 0 saturated carbocycles. The van der Waals surface area contributed by atoms with Gasteiger partial charge >= 0.3 is 6.18 Å². The molecule has 0 saturated heterocycles. The van der Waals surface area contributed by atoms with Gasteiger partial charge in [-0.15, -0.1) is 6.58 Å². The summed E-state index contributed by atoms with van der Waals surface area (Å²) in [7, 11) is 0. The van der Waals surface area contributed by atoms with Crippen LogP contribution in [0.15, 0.2) is 41.7 Å². The number of allylic oxidation sites excluding steroid dienone is 4. The van der Waals surface area contributed by atoms with Gasteiger partial charge in [0.05, 0.1) is 5.92 Å². The van der Waals surface area contributed by atoms with Crippen molar-refractivity contribution >= 4 is 12.2 Å². The number of hydrogen-bond acceptors (Lipinski definition) is 2. The molecule has 0 spiro atoms. The fraction of sp³-hybridized carbons (Fsp3) is 0.429. The van der Waals surface area contributed by atoms with Crippen LogP contribution in [-0.2, 0) is 4.79 Å². The summed E-state index contributed by atoms with van der Waals surface area (Å²) in [4.78, 5) is 14.1. The molecule has 0 aliphatic rings. The van der Waals surface area contributed by atoms with Gasteiger partial charge in [0, 0.05) is 11.9 Å². The fourth-order valence-electron chi connectivity index (χ4n) is 1.46. The van der Waals surface area contributed by atoms with E-state index in [4.69, 9.17) is 5.73 Å². The molecule has 7 heteroatoms. The van der Waals surface area contributed by atoms with Gasteiger partial charge in [-0.3, -0.25) is 4.79 Å². The average Bonchev–Trinajstić information content (AvgIpc) is 2.37. The van der Waals surface area contributed by atoms with E-state index in [1.54, 1.807) is 0 Å². The number of carbonyl (C=O) groups excluding carboxylic acids is 1. The number of carbonyl (C=O) groups is 1. The smallest absolute Gasteiger partial charge is 0.369 e. The second-order valence-corrected chi connectivity index (χ2v) is 4.23. The van der Waals surface area contributed by atoms with Gasteiger partial charge in [-0.2, -0.15) is 13.2 Å². The maximum atomic E-state index is 12.6. The van der Waals surface area contributed by atoms with E-state index in [0.717, 1.165) is 18.7 Å². The lowest BCUT2D eigenvalue weighted by molar-refractivity contribution is -0.160. The molecule has 0 rings (SSSR count). The molecule has 3 N–H and O–H groups in total. The number of guanidine groups is 1. The number of nitrogens with one attached hydrogen (secondary N) is 1. The van der Waals surface area contributed by atoms with Crippen molar-refractivity contribution in [1.82, 2.24) is 5.32 Å².